The summed E-state index contributed by atoms with van der Waals surface area (Å²) in [6, 6.07) is 5.86. The zero-order chi connectivity index (χ0) is 36.7. The molecule has 50 heavy (non-hydrogen) atoms. The highest BCUT2D eigenvalue weighted by molar-refractivity contribution is 7.60. The molecule has 1 fully saturated rings. The molecule has 2 aliphatic rings. The summed E-state index contributed by atoms with van der Waals surface area (Å²) >= 11 is 6.04. The zero-order valence-electron chi connectivity index (χ0n) is 25.3. The van der Waals surface area contributed by atoms with Crippen molar-refractivity contribution in [2.75, 3.05) is 13.1 Å². The number of carboxylic acids is 1. The molecule has 0 spiro atoms. The SMILES string of the molecule is O=C(O)c1c(F)ccc2c1OB(O)[C@@H](NC(=O)[C@@H](NC(=O)N1CCN(Cc3ccc(O)c(O)c3Cl)C(=O)C1=O)c1cccc(P(=O)(O)O)c1)C2. The number of benzene rings is 3. The fraction of sp³-hybridized carbons (Fsp3) is 0.207. The Morgan fingerprint density at radius 1 is 1.08 bits per heavy atom. The number of rotatable bonds is 8. The van der Waals surface area contributed by atoms with Crippen LogP contribution >= 0.6 is 19.2 Å². The largest absolute Gasteiger partial charge is 0.547 e. The van der Waals surface area contributed by atoms with E-state index in [1.54, 1.807) is 0 Å². The maximum atomic E-state index is 14.2. The smallest absolute Gasteiger partial charge is 0.534 e. The van der Waals surface area contributed by atoms with Gasteiger partial charge >= 0.3 is 38.5 Å². The topological polar surface area (TPSA) is 264 Å². The van der Waals surface area contributed by atoms with Crippen LogP contribution in [0.3, 0.4) is 0 Å². The number of aromatic hydroxyl groups is 2. The first-order valence-corrected chi connectivity index (χ1v) is 16.4. The van der Waals surface area contributed by atoms with Crippen molar-refractivity contribution in [1.82, 2.24) is 20.4 Å². The highest BCUT2D eigenvalue weighted by Crippen LogP contribution is 2.37. The van der Waals surface area contributed by atoms with Gasteiger partial charge in [-0.2, -0.15) is 0 Å². The monoisotopic (exact) mass is 734 g/mol. The summed E-state index contributed by atoms with van der Waals surface area (Å²) in [5.74, 6) is -9.27. The van der Waals surface area contributed by atoms with Gasteiger partial charge in [-0.25, -0.2) is 14.0 Å². The van der Waals surface area contributed by atoms with Gasteiger partial charge in [0.2, 0.25) is 5.91 Å². The molecule has 2 aliphatic heterocycles. The Hall–Kier alpha value is -5.20. The van der Waals surface area contributed by atoms with Gasteiger partial charge in [0.05, 0.1) is 16.3 Å². The second-order valence-corrected chi connectivity index (χ2v) is 13.1. The molecule has 0 radical (unpaired) electrons. The van der Waals surface area contributed by atoms with Crippen molar-refractivity contribution in [1.29, 1.82) is 0 Å². The zero-order valence-corrected chi connectivity index (χ0v) is 27.0. The number of nitrogens with zero attached hydrogens (tertiary/aromatic N) is 2. The summed E-state index contributed by atoms with van der Waals surface area (Å²) in [6.07, 6.45) is -0.274. The normalized spacial score (nSPS) is 16.7. The Morgan fingerprint density at radius 2 is 1.80 bits per heavy atom. The van der Waals surface area contributed by atoms with Gasteiger partial charge in [0, 0.05) is 19.6 Å². The third-order valence-corrected chi connectivity index (χ3v) is 9.29. The molecule has 0 saturated carbocycles. The minimum absolute atomic E-state index is 0.106. The molecule has 2 atom stereocenters. The van der Waals surface area contributed by atoms with Crippen molar-refractivity contribution >= 4 is 61.3 Å². The molecule has 0 aromatic heterocycles. The van der Waals surface area contributed by atoms with E-state index in [4.69, 9.17) is 16.3 Å². The number of nitrogens with one attached hydrogen (secondary N) is 2. The molecule has 0 bridgehead atoms. The highest BCUT2D eigenvalue weighted by Gasteiger charge is 2.42. The van der Waals surface area contributed by atoms with Crippen LogP contribution in [0.1, 0.15) is 33.1 Å². The molecular formula is C29H26BClFN4O13P. The molecule has 5 rings (SSSR count). The number of amides is 5. The Morgan fingerprint density at radius 3 is 2.48 bits per heavy atom. The van der Waals surface area contributed by atoms with E-state index in [0.29, 0.717) is 4.90 Å². The van der Waals surface area contributed by atoms with Crippen LogP contribution in [0.25, 0.3) is 0 Å². The first-order chi connectivity index (χ1) is 23.5. The number of phenols is 2. The Labute approximate surface area is 286 Å². The van der Waals surface area contributed by atoms with Gasteiger partial charge in [0.1, 0.15) is 23.2 Å². The predicted octanol–water partition coefficient (Wildman–Crippen LogP) is 0.153. The maximum Gasteiger partial charge on any atom is 0.547 e. The summed E-state index contributed by atoms with van der Waals surface area (Å²) in [7, 11) is -6.79. The van der Waals surface area contributed by atoms with Crippen molar-refractivity contribution < 1.29 is 67.7 Å². The van der Waals surface area contributed by atoms with Crippen LogP contribution in [-0.4, -0.2) is 95.8 Å². The van der Waals surface area contributed by atoms with Crippen molar-refractivity contribution in [3.63, 3.8) is 0 Å². The van der Waals surface area contributed by atoms with Crippen LogP contribution < -0.4 is 20.6 Å². The van der Waals surface area contributed by atoms with Gasteiger partial charge < -0.3 is 50.3 Å². The molecule has 3 aromatic rings. The van der Waals surface area contributed by atoms with Gasteiger partial charge in [0.25, 0.3) is 0 Å². The Balaban J connectivity index is 1.37. The van der Waals surface area contributed by atoms with E-state index in [-0.39, 0.29) is 47.8 Å². The highest BCUT2D eigenvalue weighted by atomic mass is 35.5. The number of hydrogen-bond donors (Lipinski definition) is 8. The van der Waals surface area contributed by atoms with E-state index in [0.717, 1.165) is 29.2 Å². The van der Waals surface area contributed by atoms with Crippen LogP contribution in [0.4, 0.5) is 9.18 Å². The fourth-order valence-electron chi connectivity index (χ4n) is 5.36. The van der Waals surface area contributed by atoms with Gasteiger partial charge in [0.15, 0.2) is 11.5 Å². The lowest BCUT2D eigenvalue weighted by atomic mass is 9.72. The Bertz CT molecular complexity index is 1980. The van der Waals surface area contributed by atoms with E-state index < -0.39 is 90.4 Å². The predicted molar refractivity (Wildman–Crippen MR) is 169 cm³/mol. The molecule has 0 aliphatic carbocycles. The van der Waals surface area contributed by atoms with E-state index in [1.807, 2.05) is 0 Å². The van der Waals surface area contributed by atoms with E-state index in [2.05, 4.69) is 10.6 Å². The van der Waals surface area contributed by atoms with E-state index >= 15 is 0 Å². The second-order valence-electron chi connectivity index (χ2n) is 11.2. The lowest BCUT2D eigenvalue weighted by Gasteiger charge is -2.34. The maximum absolute atomic E-state index is 14.2. The summed E-state index contributed by atoms with van der Waals surface area (Å²) < 4.78 is 31.4. The number of hydrogen-bond acceptors (Lipinski definition) is 10. The van der Waals surface area contributed by atoms with Crippen LogP contribution in [0, 0.1) is 5.82 Å². The third kappa shape index (κ3) is 7.22. The van der Waals surface area contributed by atoms with Gasteiger partial charge in [-0.1, -0.05) is 35.9 Å². The van der Waals surface area contributed by atoms with E-state index in [1.165, 1.54) is 24.3 Å². The van der Waals surface area contributed by atoms with Crippen molar-refractivity contribution in [3.05, 3.63) is 81.6 Å². The van der Waals surface area contributed by atoms with Gasteiger partial charge in [-0.3, -0.25) is 23.8 Å². The second kappa shape index (κ2) is 14.0. The van der Waals surface area contributed by atoms with Gasteiger partial charge in [-0.05, 0) is 47.4 Å². The van der Waals surface area contributed by atoms with Crippen molar-refractivity contribution in [2.24, 2.45) is 0 Å². The number of piperazine rings is 1. The molecule has 17 nitrogen and oxygen atoms in total. The number of urea groups is 1. The number of halogens is 2. The third-order valence-electron chi connectivity index (χ3n) is 7.91. The van der Waals surface area contributed by atoms with Crippen LogP contribution in [0.15, 0.2) is 48.5 Å². The molecule has 21 heteroatoms. The number of carboxylic acid groups (broad SMARTS) is 1. The molecule has 3 aromatic carbocycles. The summed E-state index contributed by atoms with van der Waals surface area (Å²) in [5.41, 5.74) is -0.732. The molecule has 8 N–H and O–H groups in total. The summed E-state index contributed by atoms with van der Waals surface area (Å²) in [4.78, 5) is 85.7. The average Bonchev–Trinajstić information content (AvgIpc) is 3.05. The lowest BCUT2D eigenvalue weighted by Crippen LogP contribution is -2.60. The molecular weight excluding hydrogens is 709 g/mol. The van der Waals surface area contributed by atoms with Gasteiger partial charge in [-0.15, -0.1) is 0 Å². The molecule has 2 heterocycles. The van der Waals surface area contributed by atoms with Crippen LogP contribution in [-0.2, 0) is 31.9 Å². The van der Waals surface area contributed by atoms with Crippen LogP contribution in [0.5, 0.6) is 17.2 Å². The molecule has 1 saturated heterocycles. The number of carbonyl (C=O) groups excluding carboxylic acids is 4. The number of phenolic OH excluding ortho intramolecular Hbond substituents is 2. The quantitative estimate of drug-likeness (QED) is 0.0664. The number of carbonyl (C=O) groups is 5. The average molecular weight is 735 g/mol. The minimum atomic E-state index is -4.87. The molecule has 5 amide bonds. The lowest BCUT2D eigenvalue weighted by molar-refractivity contribution is -0.154. The first-order valence-electron chi connectivity index (χ1n) is 14.4. The summed E-state index contributed by atoms with van der Waals surface area (Å²) in [6.45, 7) is -0.879. The molecule has 0 unspecified atom stereocenters. The molecule has 262 valence electrons. The van der Waals surface area contributed by atoms with E-state index in [9.17, 15) is 63.1 Å². The minimum Gasteiger partial charge on any atom is -0.534 e. The first kappa shape index (κ1) is 36.1. The van der Waals surface area contributed by atoms with Crippen molar-refractivity contribution in [2.45, 2.75) is 24.9 Å². The number of aromatic carboxylic acids is 1. The summed E-state index contributed by atoms with van der Waals surface area (Å²) in [5, 5.41) is 43.4. The van der Waals surface area contributed by atoms with Crippen molar-refractivity contribution in [3.8, 4) is 17.2 Å². The standard InChI is InChI=1S/C29H26BClFN4O13P/c31-21-15(5-7-18(37)23(21)38)12-35-8-9-36(27(41)26(35)40)29(44)34-22(13-2-1-3-16(10-13)50(46,47)48)25(39)33-19-11-14-4-6-17(32)20(28(42)43)24(14)49-30(19)45/h1-7,10,19,22,37-38,45H,8-9,11-12H2,(H,33,39)(H,34,44)(H,42,43)(H2,46,47,48)/t19-,22-/m0/s1. The number of imide groups is 1. The Kier molecular flexibility index (Phi) is 10.1. The number of fused-ring (bicyclic) bond motifs is 1. The fourth-order valence-corrected chi connectivity index (χ4v) is 6.17. The van der Waals surface area contributed by atoms with Crippen LogP contribution in [0.2, 0.25) is 5.02 Å².